The second kappa shape index (κ2) is 6.10. The molecular weight excluding hydrogens is 254 g/mol. The number of hydrogen-bond donors (Lipinski definition) is 1. The van der Waals surface area contributed by atoms with Crippen LogP contribution in [0.15, 0.2) is 30.5 Å². The SMILES string of the molecule is Cc1cccnc1CNc1ccc(C(=O)N(C)C)nn1. The van der Waals surface area contributed by atoms with E-state index < -0.39 is 0 Å². The fraction of sp³-hybridized carbons (Fsp3) is 0.286. The van der Waals surface area contributed by atoms with Gasteiger partial charge in [-0.2, -0.15) is 0 Å². The Kier molecular flexibility index (Phi) is 4.24. The van der Waals surface area contributed by atoms with Gasteiger partial charge in [-0.1, -0.05) is 6.07 Å². The molecule has 0 unspecified atom stereocenters. The van der Waals surface area contributed by atoms with Crippen LogP contribution in [0, 0.1) is 6.92 Å². The zero-order valence-corrected chi connectivity index (χ0v) is 11.8. The minimum atomic E-state index is -0.162. The van der Waals surface area contributed by atoms with E-state index in [2.05, 4.69) is 20.5 Å². The number of amides is 1. The van der Waals surface area contributed by atoms with E-state index in [0.29, 0.717) is 18.1 Å². The molecule has 6 heteroatoms. The average molecular weight is 271 g/mol. The largest absolute Gasteiger partial charge is 0.363 e. The molecule has 1 amide bonds. The van der Waals surface area contributed by atoms with Crippen molar-refractivity contribution in [1.29, 1.82) is 0 Å². The molecule has 0 aliphatic heterocycles. The Hall–Kier alpha value is -2.50. The minimum absolute atomic E-state index is 0.162. The first-order valence-electron chi connectivity index (χ1n) is 6.27. The monoisotopic (exact) mass is 271 g/mol. The topological polar surface area (TPSA) is 71.0 Å². The molecule has 2 heterocycles. The fourth-order valence-electron chi connectivity index (χ4n) is 1.65. The van der Waals surface area contributed by atoms with Crippen molar-refractivity contribution in [3.63, 3.8) is 0 Å². The Morgan fingerprint density at radius 2 is 2.05 bits per heavy atom. The normalized spacial score (nSPS) is 10.2. The maximum Gasteiger partial charge on any atom is 0.273 e. The van der Waals surface area contributed by atoms with Gasteiger partial charge in [0, 0.05) is 20.3 Å². The molecule has 0 saturated heterocycles. The highest BCUT2D eigenvalue weighted by atomic mass is 16.2. The Morgan fingerprint density at radius 1 is 1.25 bits per heavy atom. The van der Waals surface area contributed by atoms with E-state index in [4.69, 9.17) is 0 Å². The number of carbonyl (C=O) groups excluding carboxylic acids is 1. The van der Waals surface area contributed by atoms with Crippen molar-refractivity contribution >= 4 is 11.7 Å². The third-order valence-corrected chi connectivity index (χ3v) is 2.84. The fourth-order valence-corrected chi connectivity index (χ4v) is 1.65. The minimum Gasteiger partial charge on any atom is -0.363 e. The highest BCUT2D eigenvalue weighted by Gasteiger charge is 2.10. The van der Waals surface area contributed by atoms with Crippen LogP contribution in [0.1, 0.15) is 21.7 Å². The molecule has 0 fully saturated rings. The van der Waals surface area contributed by atoms with Crippen LogP contribution >= 0.6 is 0 Å². The molecule has 0 spiro atoms. The Morgan fingerprint density at radius 3 is 2.65 bits per heavy atom. The van der Waals surface area contributed by atoms with Gasteiger partial charge in [0.05, 0.1) is 12.2 Å². The Labute approximate surface area is 117 Å². The van der Waals surface area contributed by atoms with Crippen LogP contribution < -0.4 is 5.32 Å². The third kappa shape index (κ3) is 3.28. The van der Waals surface area contributed by atoms with E-state index >= 15 is 0 Å². The molecule has 2 rings (SSSR count). The molecule has 0 radical (unpaired) electrons. The number of nitrogens with zero attached hydrogens (tertiary/aromatic N) is 4. The van der Waals surface area contributed by atoms with Gasteiger partial charge < -0.3 is 10.2 Å². The maximum absolute atomic E-state index is 11.7. The van der Waals surface area contributed by atoms with Crippen LogP contribution in [0.5, 0.6) is 0 Å². The van der Waals surface area contributed by atoms with Gasteiger partial charge in [0.25, 0.3) is 5.91 Å². The number of pyridine rings is 1. The predicted octanol–water partition coefficient (Wildman–Crippen LogP) is 1.49. The lowest BCUT2D eigenvalue weighted by molar-refractivity contribution is 0.0821. The summed E-state index contributed by atoms with van der Waals surface area (Å²) in [7, 11) is 3.36. The first kappa shape index (κ1) is 13.9. The van der Waals surface area contributed by atoms with Crippen molar-refractivity contribution in [1.82, 2.24) is 20.1 Å². The van der Waals surface area contributed by atoms with Crippen molar-refractivity contribution < 1.29 is 4.79 Å². The third-order valence-electron chi connectivity index (χ3n) is 2.84. The number of aryl methyl sites for hydroxylation is 1. The van der Waals surface area contributed by atoms with E-state index in [1.54, 1.807) is 32.4 Å². The summed E-state index contributed by atoms with van der Waals surface area (Å²) in [6.45, 7) is 2.58. The van der Waals surface area contributed by atoms with Gasteiger partial charge in [0.15, 0.2) is 5.69 Å². The molecule has 0 aliphatic rings. The van der Waals surface area contributed by atoms with Crippen LogP contribution in [0.4, 0.5) is 5.82 Å². The average Bonchev–Trinajstić information content (AvgIpc) is 2.46. The van der Waals surface area contributed by atoms with Crippen LogP contribution in [-0.2, 0) is 6.54 Å². The predicted molar refractivity (Wildman–Crippen MR) is 76.4 cm³/mol. The molecule has 2 aromatic rings. The van der Waals surface area contributed by atoms with Gasteiger partial charge >= 0.3 is 0 Å². The summed E-state index contributed by atoms with van der Waals surface area (Å²) in [5.74, 6) is 0.454. The van der Waals surface area contributed by atoms with Gasteiger partial charge in [-0.05, 0) is 30.7 Å². The summed E-state index contributed by atoms with van der Waals surface area (Å²) in [6, 6.07) is 7.31. The molecule has 6 nitrogen and oxygen atoms in total. The first-order valence-corrected chi connectivity index (χ1v) is 6.27. The molecule has 0 saturated carbocycles. The number of carbonyl (C=O) groups is 1. The van der Waals surface area contributed by atoms with Crippen molar-refractivity contribution in [3.8, 4) is 0 Å². The van der Waals surface area contributed by atoms with Crippen molar-refractivity contribution in [2.75, 3.05) is 19.4 Å². The van der Waals surface area contributed by atoms with E-state index in [1.807, 2.05) is 19.1 Å². The molecule has 0 aromatic carbocycles. The number of nitrogens with one attached hydrogen (secondary N) is 1. The highest BCUT2D eigenvalue weighted by molar-refractivity contribution is 5.91. The number of aromatic nitrogens is 3. The second-order valence-corrected chi connectivity index (χ2v) is 4.62. The van der Waals surface area contributed by atoms with Gasteiger partial charge in [-0.15, -0.1) is 10.2 Å². The van der Waals surface area contributed by atoms with Crippen LogP contribution in [0.25, 0.3) is 0 Å². The maximum atomic E-state index is 11.7. The first-order chi connectivity index (χ1) is 9.58. The van der Waals surface area contributed by atoms with Crippen LogP contribution in [0.3, 0.4) is 0 Å². The molecule has 0 bridgehead atoms. The lowest BCUT2D eigenvalue weighted by Crippen LogP contribution is -2.23. The second-order valence-electron chi connectivity index (χ2n) is 4.62. The van der Waals surface area contributed by atoms with Crippen molar-refractivity contribution in [2.24, 2.45) is 0 Å². The molecular formula is C14H17N5O. The molecule has 2 aromatic heterocycles. The standard InChI is InChI=1S/C14H17N5O/c1-10-5-4-8-15-12(10)9-16-13-7-6-11(17-18-13)14(20)19(2)3/h4-8H,9H2,1-3H3,(H,16,18). The number of rotatable bonds is 4. The lowest BCUT2D eigenvalue weighted by atomic mass is 10.2. The molecule has 0 aliphatic carbocycles. The smallest absolute Gasteiger partial charge is 0.273 e. The summed E-state index contributed by atoms with van der Waals surface area (Å²) in [5.41, 5.74) is 2.41. The summed E-state index contributed by atoms with van der Waals surface area (Å²) < 4.78 is 0. The van der Waals surface area contributed by atoms with Gasteiger partial charge in [0.2, 0.25) is 0 Å². The zero-order valence-electron chi connectivity index (χ0n) is 11.8. The molecule has 104 valence electrons. The van der Waals surface area contributed by atoms with E-state index in [0.717, 1.165) is 11.3 Å². The van der Waals surface area contributed by atoms with Crippen LogP contribution in [0.2, 0.25) is 0 Å². The summed E-state index contributed by atoms with van der Waals surface area (Å²) in [6.07, 6.45) is 1.76. The van der Waals surface area contributed by atoms with E-state index in [1.165, 1.54) is 4.90 Å². The quantitative estimate of drug-likeness (QED) is 0.912. The molecule has 20 heavy (non-hydrogen) atoms. The summed E-state index contributed by atoms with van der Waals surface area (Å²) in [4.78, 5) is 17.4. The summed E-state index contributed by atoms with van der Waals surface area (Å²) in [5, 5.41) is 11.0. The van der Waals surface area contributed by atoms with Crippen molar-refractivity contribution in [2.45, 2.75) is 13.5 Å². The lowest BCUT2D eigenvalue weighted by Gasteiger charge is -2.10. The van der Waals surface area contributed by atoms with Crippen LogP contribution in [-0.4, -0.2) is 40.1 Å². The summed E-state index contributed by atoms with van der Waals surface area (Å²) >= 11 is 0. The Bertz CT molecular complexity index is 595. The van der Waals surface area contributed by atoms with Crippen molar-refractivity contribution in [3.05, 3.63) is 47.4 Å². The Balaban J connectivity index is 2.01. The molecule has 0 atom stereocenters. The van der Waals surface area contributed by atoms with Gasteiger partial charge in [-0.3, -0.25) is 9.78 Å². The van der Waals surface area contributed by atoms with E-state index in [9.17, 15) is 4.79 Å². The highest BCUT2D eigenvalue weighted by Crippen LogP contribution is 2.08. The number of hydrogen-bond acceptors (Lipinski definition) is 5. The number of anilines is 1. The van der Waals surface area contributed by atoms with E-state index in [-0.39, 0.29) is 5.91 Å². The zero-order chi connectivity index (χ0) is 14.5. The molecule has 1 N–H and O–H groups in total. The van der Waals surface area contributed by atoms with Gasteiger partial charge in [0.1, 0.15) is 5.82 Å². The van der Waals surface area contributed by atoms with Gasteiger partial charge in [-0.25, -0.2) is 0 Å².